The van der Waals surface area contributed by atoms with Crippen molar-refractivity contribution in [3.05, 3.63) is 0 Å². The molecule has 0 heterocycles. The Labute approximate surface area is 82.3 Å². The van der Waals surface area contributed by atoms with E-state index in [4.69, 9.17) is 4.74 Å². The summed E-state index contributed by atoms with van der Waals surface area (Å²) in [4.78, 5) is 11.0. The van der Waals surface area contributed by atoms with Gasteiger partial charge in [0, 0.05) is 21.8 Å². The maximum atomic E-state index is 11.4. The fourth-order valence-electron chi connectivity index (χ4n) is 0.950. The molecule has 0 aromatic rings. The lowest BCUT2D eigenvalue weighted by molar-refractivity contribution is -0.143. The standard InChI is InChI=1S/C9H18O3S/c1-4-6-13(11)8(3)7-9(10)12-5-2/h8H,4-7H2,1-3H3. The lowest BCUT2D eigenvalue weighted by Crippen LogP contribution is -2.19. The largest absolute Gasteiger partial charge is 0.466 e. The normalized spacial score (nSPS) is 15.0. The molecule has 0 bridgehead atoms. The molecule has 0 N–H and O–H groups in total. The Hall–Kier alpha value is -0.380. The molecule has 0 aromatic carbocycles. The van der Waals surface area contributed by atoms with Crippen molar-refractivity contribution in [1.29, 1.82) is 0 Å². The van der Waals surface area contributed by atoms with Gasteiger partial charge in [0.25, 0.3) is 0 Å². The Bertz CT molecular complexity index is 180. The number of rotatable bonds is 6. The van der Waals surface area contributed by atoms with E-state index in [0.717, 1.165) is 6.42 Å². The summed E-state index contributed by atoms with van der Waals surface area (Å²) in [5.74, 6) is 0.417. The minimum atomic E-state index is -0.890. The van der Waals surface area contributed by atoms with Crippen molar-refractivity contribution in [3.8, 4) is 0 Å². The van der Waals surface area contributed by atoms with Gasteiger partial charge in [-0.05, 0) is 13.3 Å². The van der Waals surface area contributed by atoms with Crippen LogP contribution in [0.2, 0.25) is 0 Å². The van der Waals surface area contributed by atoms with Gasteiger partial charge in [-0.3, -0.25) is 9.00 Å². The van der Waals surface area contributed by atoms with E-state index in [2.05, 4.69) is 0 Å². The van der Waals surface area contributed by atoms with Crippen LogP contribution in [0.1, 0.15) is 33.6 Å². The Morgan fingerprint density at radius 3 is 2.54 bits per heavy atom. The van der Waals surface area contributed by atoms with Crippen molar-refractivity contribution in [3.63, 3.8) is 0 Å². The number of hydrogen-bond donors (Lipinski definition) is 0. The summed E-state index contributed by atoms with van der Waals surface area (Å²) in [5, 5.41) is -0.0843. The Morgan fingerprint density at radius 1 is 1.46 bits per heavy atom. The second-order valence-corrected chi connectivity index (χ2v) is 4.88. The molecule has 0 saturated heterocycles. The summed E-state index contributed by atoms with van der Waals surface area (Å²) in [6, 6.07) is 0. The van der Waals surface area contributed by atoms with E-state index in [0.29, 0.717) is 12.4 Å². The van der Waals surface area contributed by atoms with Gasteiger partial charge in [-0.2, -0.15) is 0 Å². The van der Waals surface area contributed by atoms with Crippen LogP contribution in [-0.2, 0) is 20.3 Å². The van der Waals surface area contributed by atoms with Gasteiger partial charge in [-0.1, -0.05) is 13.8 Å². The van der Waals surface area contributed by atoms with Gasteiger partial charge >= 0.3 is 5.97 Å². The van der Waals surface area contributed by atoms with Crippen LogP contribution in [0.15, 0.2) is 0 Å². The van der Waals surface area contributed by atoms with Crippen LogP contribution >= 0.6 is 0 Å². The van der Waals surface area contributed by atoms with Crippen LogP contribution in [0.25, 0.3) is 0 Å². The fraction of sp³-hybridized carbons (Fsp3) is 0.889. The smallest absolute Gasteiger partial charge is 0.306 e. The Balaban J connectivity index is 3.78. The second-order valence-electron chi connectivity index (χ2n) is 2.90. The first-order valence-electron chi connectivity index (χ1n) is 4.64. The zero-order chi connectivity index (χ0) is 10.3. The fourth-order valence-corrected chi connectivity index (χ4v) is 2.08. The minimum Gasteiger partial charge on any atom is -0.466 e. The van der Waals surface area contributed by atoms with E-state index in [-0.39, 0.29) is 17.6 Å². The van der Waals surface area contributed by atoms with Gasteiger partial charge in [-0.25, -0.2) is 0 Å². The summed E-state index contributed by atoms with van der Waals surface area (Å²) in [5.41, 5.74) is 0. The van der Waals surface area contributed by atoms with Gasteiger partial charge in [0.05, 0.1) is 13.0 Å². The molecule has 0 radical (unpaired) electrons. The van der Waals surface area contributed by atoms with Crippen molar-refractivity contribution in [2.45, 2.75) is 38.9 Å². The molecule has 0 saturated carbocycles. The Morgan fingerprint density at radius 2 is 2.08 bits per heavy atom. The SMILES string of the molecule is CCCS(=O)C(C)CC(=O)OCC. The summed E-state index contributed by atoms with van der Waals surface area (Å²) >= 11 is 0. The molecular weight excluding hydrogens is 188 g/mol. The molecule has 0 aliphatic rings. The van der Waals surface area contributed by atoms with Crippen LogP contribution in [-0.4, -0.2) is 27.8 Å². The van der Waals surface area contributed by atoms with Crippen molar-refractivity contribution in [2.75, 3.05) is 12.4 Å². The van der Waals surface area contributed by atoms with E-state index < -0.39 is 10.8 Å². The van der Waals surface area contributed by atoms with Gasteiger partial charge in [0.15, 0.2) is 0 Å². The molecule has 0 aromatic heterocycles. The van der Waals surface area contributed by atoms with E-state index in [1.807, 2.05) is 13.8 Å². The maximum Gasteiger partial charge on any atom is 0.306 e. The third-order valence-corrected chi connectivity index (χ3v) is 3.49. The van der Waals surface area contributed by atoms with Gasteiger partial charge in [0.1, 0.15) is 0 Å². The Kier molecular flexibility index (Phi) is 6.86. The molecule has 0 fully saturated rings. The highest BCUT2D eigenvalue weighted by atomic mass is 32.2. The molecule has 2 unspecified atom stereocenters. The first kappa shape index (κ1) is 12.6. The zero-order valence-corrected chi connectivity index (χ0v) is 9.36. The number of hydrogen-bond acceptors (Lipinski definition) is 3. The molecule has 2 atom stereocenters. The highest BCUT2D eigenvalue weighted by Gasteiger charge is 2.15. The van der Waals surface area contributed by atoms with Gasteiger partial charge in [-0.15, -0.1) is 0 Å². The molecule has 78 valence electrons. The third-order valence-electron chi connectivity index (χ3n) is 1.61. The monoisotopic (exact) mass is 206 g/mol. The number of carbonyl (C=O) groups excluding carboxylic acids is 1. The number of carbonyl (C=O) groups is 1. The van der Waals surface area contributed by atoms with Crippen molar-refractivity contribution < 1.29 is 13.7 Å². The van der Waals surface area contributed by atoms with Crippen LogP contribution in [0, 0.1) is 0 Å². The minimum absolute atomic E-state index is 0.0843. The second kappa shape index (κ2) is 7.06. The van der Waals surface area contributed by atoms with Crippen LogP contribution in [0.4, 0.5) is 0 Å². The molecular formula is C9H18O3S. The maximum absolute atomic E-state index is 11.4. The van der Waals surface area contributed by atoms with E-state index in [1.54, 1.807) is 6.92 Å². The summed E-state index contributed by atoms with van der Waals surface area (Å²) < 4.78 is 16.2. The first-order chi connectivity index (χ1) is 6.11. The van der Waals surface area contributed by atoms with Crippen LogP contribution in [0.3, 0.4) is 0 Å². The van der Waals surface area contributed by atoms with E-state index in [1.165, 1.54) is 0 Å². The lowest BCUT2D eigenvalue weighted by Gasteiger charge is -2.09. The summed E-state index contributed by atoms with van der Waals surface area (Å²) in [6.45, 7) is 5.97. The number of ether oxygens (including phenoxy) is 1. The molecule has 13 heavy (non-hydrogen) atoms. The molecule has 3 nitrogen and oxygen atoms in total. The van der Waals surface area contributed by atoms with E-state index >= 15 is 0 Å². The molecule has 0 aliphatic heterocycles. The van der Waals surface area contributed by atoms with Crippen LogP contribution < -0.4 is 0 Å². The third kappa shape index (κ3) is 5.80. The highest BCUT2D eigenvalue weighted by Crippen LogP contribution is 2.04. The average molecular weight is 206 g/mol. The molecule has 0 aliphatic carbocycles. The van der Waals surface area contributed by atoms with Crippen molar-refractivity contribution >= 4 is 16.8 Å². The zero-order valence-electron chi connectivity index (χ0n) is 8.54. The first-order valence-corrected chi connectivity index (χ1v) is 6.02. The number of esters is 1. The topological polar surface area (TPSA) is 43.4 Å². The molecule has 0 amide bonds. The molecule has 0 spiro atoms. The molecule has 4 heteroatoms. The molecule has 0 rings (SSSR count). The van der Waals surface area contributed by atoms with Crippen LogP contribution in [0.5, 0.6) is 0 Å². The van der Waals surface area contributed by atoms with Crippen molar-refractivity contribution in [2.24, 2.45) is 0 Å². The van der Waals surface area contributed by atoms with E-state index in [9.17, 15) is 9.00 Å². The predicted octanol–water partition coefficient (Wildman–Crippen LogP) is 1.49. The van der Waals surface area contributed by atoms with Gasteiger partial charge < -0.3 is 4.74 Å². The van der Waals surface area contributed by atoms with Crippen molar-refractivity contribution in [1.82, 2.24) is 0 Å². The lowest BCUT2D eigenvalue weighted by atomic mass is 10.3. The summed E-state index contributed by atoms with van der Waals surface area (Å²) in [7, 11) is -0.890. The van der Waals surface area contributed by atoms with Gasteiger partial charge in [0.2, 0.25) is 0 Å². The predicted molar refractivity (Wildman–Crippen MR) is 54.0 cm³/mol. The highest BCUT2D eigenvalue weighted by molar-refractivity contribution is 7.85. The quantitative estimate of drug-likeness (QED) is 0.618. The summed E-state index contributed by atoms with van der Waals surface area (Å²) in [6.07, 6.45) is 1.15. The average Bonchev–Trinajstić information content (AvgIpc) is 2.05.